The molecule has 2 aromatic rings. The Balaban J connectivity index is 2.44. The highest BCUT2D eigenvalue weighted by atomic mass is 32.2. The van der Waals surface area contributed by atoms with Crippen LogP contribution in [0.15, 0.2) is 47.4 Å². The van der Waals surface area contributed by atoms with E-state index in [0.29, 0.717) is 6.42 Å². The van der Waals surface area contributed by atoms with Crippen molar-refractivity contribution < 1.29 is 17.7 Å². The summed E-state index contributed by atoms with van der Waals surface area (Å²) in [7, 11) is -3.93. The lowest BCUT2D eigenvalue weighted by molar-refractivity contribution is 0.463. The maximum Gasteiger partial charge on any atom is 0.339 e. The van der Waals surface area contributed by atoms with Gasteiger partial charge in [-0.15, -0.1) is 0 Å². The summed E-state index contributed by atoms with van der Waals surface area (Å²) in [4.78, 5) is 0.216. The summed E-state index contributed by atoms with van der Waals surface area (Å²) in [5.74, 6) is 0.0690. The molecule has 23 heavy (non-hydrogen) atoms. The Kier molecular flexibility index (Phi) is 5.66. The summed E-state index contributed by atoms with van der Waals surface area (Å²) in [6, 6.07) is 11.1. The smallest absolute Gasteiger partial charge is 0.339 e. The second-order valence-electron chi connectivity index (χ2n) is 5.43. The predicted octanol–water partition coefficient (Wildman–Crippen LogP) is 4.06. The second-order valence-corrected chi connectivity index (χ2v) is 6.94. The molecule has 0 unspecified atom stereocenters. The van der Waals surface area contributed by atoms with Crippen LogP contribution in [0.1, 0.15) is 37.8 Å². The Bertz CT molecular complexity index is 766. The van der Waals surface area contributed by atoms with Crippen molar-refractivity contribution in [2.24, 2.45) is 0 Å². The van der Waals surface area contributed by atoms with E-state index in [1.54, 1.807) is 18.2 Å². The lowest BCUT2D eigenvalue weighted by Gasteiger charge is -2.15. The molecule has 0 fully saturated rings. The minimum Gasteiger partial charge on any atom is -0.508 e. The van der Waals surface area contributed by atoms with Crippen molar-refractivity contribution in [2.75, 3.05) is 0 Å². The number of phenolic OH excluding ortho intramolecular Hbond substituents is 1. The van der Waals surface area contributed by atoms with Crippen LogP contribution in [0.3, 0.4) is 0 Å². The number of benzene rings is 2. The molecule has 0 amide bonds. The summed E-state index contributed by atoms with van der Waals surface area (Å²) >= 11 is 0. The summed E-state index contributed by atoms with van der Waals surface area (Å²) in [6.45, 7) is 4.09. The van der Waals surface area contributed by atoms with Crippen LogP contribution in [0.2, 0.25) is 0 Å². The number of hydrogen-bond donors (Lipinski definition) is 1. The fourth-order valence-electron chi connectivity index (χ4n) is 2.59. The van der Waals surface area contributed by atoms with Crippen LogP contribution < -0.4 is 4.18 Å². The van der Waals surface area contributed by atoms with Gasteiger partial charge < -0.3 is 9.29 Å². The van der Waals surface area contributed by atoms with Gasteiger partial charge in [0.15, 0.2) is 0 Å². The first kappa shape index (κ1) is 17.3. The summed E-state index contributed by atoms with van der Waals surface area (Å²) in [6.07, 6.45) is 3.34. The monoisotopic (exact) mass is 334 g/mol. The number of aryl methyl sites for hydroxylation is 1. The van der Waals surface area contributed by atoms with Crippen molar-refractivity contribution in [2.45, 2.75) is 44.4 Å². The molecule has 0 aliphatic heterocycles. The van der Waals surface area contributed by atoms with Gasteiger partial charge in [0.05, 0.1) is 0 Å². The SMILES string of the molecule is CCCc1cccc(S(=O)(=O)Oc2cccc(O)c2)c1CCC. The summed E-state index contributed by atoms with van der Waals surface area (Å²) < 4.78 is 30.5. The van der Waals surface area contributed by atoms with E-state index in [1.807, 2.05) is 13.0 Å². The van der Waals surface area contributed by atoms with Crippen molar-refractivity contribution in [1.82, 2.24) is 0 Å². The van der Waals surface area contributed by atoms with Gasteiger partial charge in [-0.2, -0.15) is 8.42 Å². The molecular formula is C18H22O4S. The molecule has 0 aromatic heterocycles. The zero-order chi connectivity index (χ0) is 16.9. The number of phenols is 1. The van der Waals surface area contributed by atoms with Crippen molar-refractivity contribution in [3.63, 3.8) is 0 Å². The van der Waals surface area contributed by atoms with E-state index in [4.69, 9.17) is 4.18 Å². The number of aromatic hydroxyl groups is 1. The lowest BCUT2D eigenvalue weighted by atomic mass is 10.00. The summed E-state index contributed by atoms with van der Waals surface area (Å²) in [5.41, 5.74) is 1.88. The Morgan fingerprint density at radius 1 is 1.00 bits per heavy atom. The van der Waals surface area contributed by atoms with Crippen LogP contribution >= 0.6 is 0 Å². The molecule has 0 atom stereocenters. The average Bonchev–Trinajstić information content (AvgIpc) is 2.49. The second kappa shape index (κ2) is 7.51. The quantitative estimate of drug-likeness (QED) is 0.775. The van der Waals surface area contributed by atoms with Crippen LogP contribution in [0, 0.1) is 0 Å². The molecule has 2 rings (SSSR count). The zero-order valence-electron chi connectivity index (χ0n) is 13.5. The van der Waals surface area contributed by atoms with Gasteiger partial charge in [-0.05, 0) is 42.2 Å². The summed E-state index contributed by atoms with van der Waals surface area (Å²) in [5, 5.41) is 9.46. The highest BCUT2D eigenvalue weighted by Gasteiger charge is 2.22. The van der Waals surface area contributed by atoms with Gasteiger partial charge in [-0.25, -0.2) is 0 Å². The van der Waals surface area contributed by atoms with Gasteiger partial charge >= 0.3 is 10.1 Å². The van der Waals surface area contributed by atoms with Crippen LogP contribution in [0.25, 0.3) is 0 Å². The van der Waals surface area contributed by atoms with E-state index in [-0.39, 0.29) is 16.4 Å². The molecule has 0 spiro atoms. The molecule has 4 nitrogen and oxygen atoms in total. The van der Waals surface area contributed by atoms with E-state index in [2.05, 4.69) is 6.92 Å². The van der Waals surface area contributed by atoms with Crippen LogP contribution in [-0.2, 0) is 23.0 Å². The molecule has 0 radical (unpaired) electrons. The zero-order valence-corrected chi connectivity index (χ0v) is 14.3. The highest BCUT2D eigenvalue weighted by Crippen LogP contribution is 2.27. The van der Waals surface area contributed by atoms with Crippen molar-refractivity contribution in [3.8, 4) is 11.5 Å². The number of rotatable bonds is 7. The Hall–Kier alpha value is -2.01. The first-order valence-corrected chi connectivity index (χ1v) is 9.23. The average molecular weight is 334 g/mol. The molecule has 0 saturated heterocycles. The number of hydrogen-bond acceptors (Lipinski definition) is 4. The third-order valence-electron chi connectivity index (χ3n) is 3.54. The van der Waals surface area contributed by atoms with Crippen LogP contribution in [0.4, 0.5) is 0 Å². The fraction of sp³-hybridized carbons (Fsp3) is 0.333. The largest absolute Gasteiger partial charge is 0.508 e. The Labute approximate surface area is 137 Å². The first-order chi connectivity index (χ1) is 11.0. The minimum atomic E-state index is -3.93. The maximum atomic E-state index is 12.7. The van der Waals surface area contributed by atoms with Crippen molar-refractivity contribution in [3.05, 3.63) is 53.6 Å². The highest BCUT2D eigenvalue weighted by molar-refractivity contribution is 7.87. The lowest BCUT2D eigenvalue weighted by Crippen LogP contribution is -2.13. The van der Waals surface area contributed by atoms with E-state index in [0.717, 1.165) is 30.4 Å². The van der Waals surface area contributed by atoms with Crippen molar-refractivity contribution >= 4 is 10.1 Å². The van der Waals surface area contributed by atoms with Crippen LogP contribution in [0.5, 0.6) is 11.5 Å². The van der Waals surface area contributed by atoms with Gasteiger partial charge in [0.25, 0.3) is 0 Å². The molecule has 0 saturated carbocycles. The van der Waals surface area contributed by atoms with E-state index < -0.39 is 10.1 Å². The molecule has 0 heterocycles. The molecule has 0 aliphatic rings. The minimum absolute atomic E-state index is 0.0359. The first-order valence-electron chi connectivity index (χ1n) is 7.82. The standard InChI is InChI=1S/C18H22O4S/c1-3-7-14-9-5-12-18(17(14)8-4-2)23(20,21)22-16-11-6-10-15(19)13-16/h5-6,9-13,19H,3-4,7-8H2,1-2H3. The third kappa shape index (κ3) is 4.26. The normalized spacial score (nSPS) is 11.4. The molecular weight excluding hydrogens is 312 g/mol. The molecule has 2 aromatic carbocycles. The fourth-order valence-corrected chi connectivity index (χ4v) is 3.82. The molecule has 0 bridgehead atoms. The molecule has 1 N–H and O–H groups in total. The van der Waals surface area contributed by atoms with Gasteiger partial charge in [0.1, 0.15) is 16.4 Å². The Morgan fingerprint density at radius 3 is 2.35 bits per heavy atom. The van der Waals surface area contributed by atoms with Crippen LogP contribution in [-0.4, -0.2) is 13.5 Å². The van der Waals surface area contributed by atoms with Gasteiger partial charge in [0, 0.05) is 6.07 Å². The van der Waals surface area contributed by atoms with E-state index >= 15 is 0 Å². The topological polar surface area (TPSA) is 63.6 Å². The maximum absolute atomic E-state index is 12.7. The molecule has 0 aliphatic carbocycles. The van der Waals surface area contributed by atoms with Gasteiger partial charge in [-0.3, -0.25) is 0 Å². The van der Waals surface area contributed by atoms with E-state index in [1.165, 1.54) is 18.2 Å². The molecule has 124 valence electrons. The van der Waals surface area contributed by atoms with Gasteiger partial charge in [-0.1, -0.05) is 44.9 Å². The third-order valence-corrected chi connectivity index (χ3v) is 4.88. The van der Waals surface area contributed by atoms with E-state index in [9.17, 15) is 13.5 Å². The van der Waals surface area contributed by atoms with Crippen molar-refractivity contribution in [1.29, 1.82) is 0 Å². The Morgan fingerprint density at radius 2 is 1.70 bits per heavy atom. The molecule has 5 heteroatoms. The van der Waals surface area contributed by atoms with Gasteiger partial charge in [0.2, 0.25) is 0 Å². The predicted molar refractivity (Wildman–Crippen MR) is 90.4 cm³/mol.